The Morgan fingerprint density at radius 3 is 2.50 bits per heavy atom. The van der Waals surface area contributed by atoms with Gasteiger partial charge in [-0.3, -0.25) is 4.79 Å². The molecule has 2 aromatic heterocycles. The number of benzene rings is 2. The number of hydrogen-bond donors (Lipinski definition) is 0. The highest BCUT2D eigenvalue weighted by Crippen LogP contribution is 2.34. The highest BCUT2D eigenvalue weighted by atomic mass is 16.3. The van der Waals surface area contributed by atoms with E-state index in [9.17, 15) is 4.79 Å². The van der Waals surface area contributed by atoms with Gasteiger partial charge in [0.25, 0.3) is 0 Å². The van der Waals surface area contributed by atoms with E-state index < -0.39 is 0 Å². The lowest BCUT2D eigenvalue weighted by atomic mass is 9.95. The van der Waals surface area contributed by atoms with Crippen molar-refractivity contribution in [3.05, 3.63) is 78.0 Å². The lowest BCUT2D eigenvalue weighted by Gasteiger charge is -2.09. The van der Waals surface area contributed by atoms with Crippen LogP contribution in [0.25, 0.3) is 33.6 Å². The number of fused-ring (bicyclic) bond motifs is 1. The molecule has 0 radical (unpaired) electrons. The topological polar surface area (TPSA) is 43.1 Å². The summed E-state index contributed by atoms with van der Waals surface area (Å²) in [6.45, 7) is 2.09. The lowest BCUT2D eigenvalue weighted by molar-refractivity contribution is 0.111. The Kier molecular flexibility index (Phi) is 3.47. The van der Waals surface area contributed by atoms with Crippen LogP contribution < -0.4 is 0 Å². The third-order valence-electron chi connectivity index (χ3n) is 4.21. The van der Waals surface area contributed by atoms with Crippen LogP contribution in [0.5, 0.6) is 0 Å². The molecular weight excluding hydrogens is 298 g/mol. The highest BCUT2D eigenvalue weighted by molar-refractivity contribution is 5.85. The minimum Gasteiger partial charge on any atom is -0.438 e. The van der Waals surface area contributed by atoms with Crippen molar-refractivity contribution in [1.29, 1.82) is 0 Å². The first kappa shape index (κ1) is 14.4. The second kappa shape index (κ2) is 5.78. The van der Waals surface area contributed by atoms with Gasteiger partial charge in [0.1, 0.15) is 11.5 Å². The number of aromatic nitrogens is 1. The molecule has 4 aromatic rings. The Morgan fingerprint density at radius 2 is 1.71 bits per heavy atom. The Balaban J connectivity index is 1.86. The van der Waals surface area contributed by atoms with Crippen molar-refractivity contribution in [3.8, 4) is 22.5 Å². The van der Waals surface area contributed by atoms with E-state index in [0.717, 1.165) is 28.6 Å². The molecule has 0 fully saturated rings. The predicted molar refractivity (Wildman–Crippen MR) is 95.0 cm³/mol. The molecule has 0 amide bonds. The molecule has 0 spiro atoms. The number of furan rings is 1. The summed E-state index contributed by atoms with van der Waals surface area (Å²) in [6, 6.07) is 22.0. The van der Waals surface area contributed by atoms with E-state index in [4.69, 9.17) is 4.42 Å². The van der Waals surface area contributed by atoms with Crippen molar-refractivity contribution < 1.29 is 9.21 Å². The fraction of sp³-hybridized carbons (Fsp3) is 0.0476. The van der Waals surface area contributed by atoms with Gasteiger partial charge in [-0.1, -0.05) is 48.5 Å². The van der Waals surface area contributed by atoms with E-state index in [1.807, 2.05) is 42.5 Å². The Hall–Kier alpha value is -3.20. The summed E-state index contributed by atoms with van der Waals surface area (Å²) in [6.07, 6.45) is 0.725. The largest absolute Gasteiger partial charge is 0.438 e. The van der Waals surface area contributed by atoms with Crippen LogP contribution in [-0.2, 0) is 0 Å². The van der Waals surface area contributed by atoms with Crippen molar-refractivity contribution in [2.24, 2.45) is 0 Å². The third kappa shape index (κ3) is 2.40. The summed E-state index contributed by atoms with van der Waals surface area (Å²) in [7, 11) is 0. The van der Waals surface area contributed by atoms with E-state index in [-0.39, 0.29) is 0 Å². The van der Waals surface area contributed by atoms with Gasteiger partial charge in [0.05, 0.1) is 0 Å². The summed E-state index contributed by atoms with van der Waals surface area (Å²) in [5.74, 6) is 0.760. The average molecular weight is 313 g/mol. The fourth-order valence-corrected chi connectivity index (χ4v) is 2.96. The van der Waals surface area contributed by atoms with Crippen LogP contribution >= 0.6 is 0 Å². The molecule has 2 heterocycles. The summed E-state index contributed by atoms with van der Waals surface area (Å²) in [5, 5.41) is 0.889. The van der Waals surface area contributed by atoms with Gasteiger partial charge in [-0.15, -0.1) is 0 Å². The average Bonchev–Trinajstić information content (AvgIpc) is 3.05. The summed E-state index contributed by atoms with van der Waals surface area (Å²) >= 11 is 0. The standard InChI is InChI=1S/C21H15NO2/c1-14-18(15-6-3-2-4-7-15)8-5-9-19(14)20-12-16-10-11-17(13-23)22-21(16)24-20/h2-13H,1H3. The van der Waals surface area contributed by atoms with E-state index in [1.54, 1.807) is 6.07 Å². The van der Waals surface area contributed by atoms with Gasteiger partial charge in [-0.25, -0.2) is 4.98 Å². The third-order valence-corrected chi connectivity index (χ3v) is 4.21. The minimum atomic E-state index is 0.373. The van der Waals surface area contributed by atoms with E-state index in [2.05, 4.69) is 30.1 Å². The number of hydrogen-bond acceptors (Lipinski definition) is 3. The van der Waals surface area contributed by atoms with Crippen molar-refractivity contribution >= 4 is 17.4 Å². The quantitative estimate of drug-likeness (QED) is 0.483. The number of nitrogens with zero attached hydrogens (tertiary/aromatic N) is 1. The van der Waals surface area contributed by atoms with Crippen LogP contribution in [0.4, 0.5) is 0 Å². The number of aldehydes is 1. The van der Waals surface area contributed by atoms with Gasteiger partial charge < -0.3 is 4.42 Å². The minimum absolute atomic E-state index is 0.373. The predicted octanol–water partition coefficient (Wildman–Crippen LogP) is 5.28. The molecule has 0 saturated carbocycles. The first-order valence-corrected chi connectivity index (χ1v) is 7.77. The molecule has 0 aliphatic rings. The molecule has 0 atom stereocenters. The normalized spacial score (nSPS) is 10.9. The van der Waals surface area contributed by atoms with Crippen LogP contribution in [0, 0.1) is 6.92 Å². The number of rotatable bonds is 3. The van der Waals surface area contributed by atoms with Crippen molar-refractivity contribution in [3.63, 3.8) is 0 Å². The van der Waals surface area contributed by atoms with Gasteiger partial charge >= 0.3 is 0 Å². The van der Waals surface area contributed by atoms with Gasteiger partial charge in [0.15, 0.2) is 6.29 Å². The Bertz CT molecular complexity index is 1030. The monoisotopic (exact) mass is 313 g/mol. The van der Waals surface area contributed by atoms with Crippen LogP contribution in [-0.4, -0.2) is 11.3 Å². The molecule has 4 rings (SSSR count). The van der Waals surface area contributed by atoms with Gasteiger partial charge in [-0.2, -0.15) is 0 Å². The van der Waals surface area contributed by atoms with Gasteiger partial charge in [-0.05, 0) is 41.8 Å². The highest BCUT2D eigenvalue weighted by Gasteiger charge is 2.13. The molecule has 24 heavy (non-hydrogen) atoms. The zero-order valence-corrected chi connectivity index (χ0v) is 13.2. The maximum absolute atomic E-state index is 10.9. The van der Waals surface area contributed by atoms with E-state index in [0.29, 0.717) is 11.4 Å². The molecule has 3 nitrogen and oxygen atoms in total. The number of carbonyl (C=O) groups excluding carboxylic acids is 1. The molecule has 0 aliphatic heterocycles. The van der Waals surface area contributed by atoms with Gasteiger partial charge in [0.2, 0.25) is 5.71 Å². The molecule has 0 bridgehead atoms. The zero-order valence-electron chi connectivity index (χ0n) is 13.2. The fourth-order valence-electron chi connectivity index (χ4n) is 2.96. The van der Waals surface area contributed by atoms with Gasteiger partial charge in [0, 0.05) is 10.9 Å². The molecule has 3 heteroatoms. The Morgan fingerprint density at radius 1 is 0.917 bits per heavy atom. The van der Waals surface area contributed by atoms with Crippen LogP contribution in [0.15, 0.2) is 71.1 Å². The van der Waals surface area contributed by atoms with Crippen molar-refractivity contribution in [2.45, 2.75) is 6.92 Å². The zero-order chi connectivity index (χ0) is 16.5. The van der Waals surface area contributed by atoms with Crippen LogP contribution in [0.2, 0.25) is 0 Å². The maximum atomic E-state index is 10.9. The van der Waals surface area contributed by atoms with E-state index >= 15 is 0 Å². The van der Waals surface area contributed by atoms with Crippen molar-refractivity contribution in [1.82, 2.24) is 4.98 Å². The summed E-state index contributed by atoms with van der Waals surface area (Å²) in [4.78, 5) is 15.1. The first-order valence-electron chi connectivity index (χ1n) is 7.77. The molecule has 2 aromatic carbocycles. The molecule has 116 valence electrons. The maximum Gasteiger partial charge on any atom is 0.227 e. The van der Waals surface area contributed by atoms with Crippen molar-refractivity contribution in [2.75, 3.05) is 0 Å². The SMILES string of the molecule is Cc1c(-c2ccccc2)cccc1-c1cc2ccc(C=O)nc2o1. The van der Waals surface area contributed by atoms with Crippen LogP contribution in [0.3, 0.4) is 0 Å². The first-order chi connectivity index (χ1) is 11.8. The second-order valence-electron chi connectivity index (χ2n) is 5.70. The second-order valence-corrected chi connectivity index (χ2v) is 5.70. The summed E-state index contributed by atoms with van der Waals surface area (Å²) in [5.41, 5.74) is 5.39. The lowest BCUT2D eigenvalue weighted by Crippen LogP contribution is -1.87. The molecule has 0 unspecified atom stereocenters. The van der Waals surface area contributed by atoms with E-state index in [1.165, 1.54) is 11.1 Å². The van der Waals surface area contributed by atoms with Crippen LogP contribution in [0.1, 0.15) is 16.1 Å². The summed E-state index contributed by atoms with van der Waals surface area (Å²) < 4.78 is 5.90. The number of carbonyl (C=O) groups is 1. The smallest absolute Gasteiger partial charge is 0.227 e. The molecule has 0 aliphatic carbocycles. The molecular formula is C21H15NO2. The number of pyridine rings is 1. The Labute approximate surface area is 139 Å². The molecule has 0 saturated heterocycles. The molecule has 0 N–H and O–H groups in total.